The molecule has 0 saturated carbocycles. The summed E-state index contributed by atoms with van der Waals surface area (Å²) in [6, 6.07) is 7.67. The molecule has 0 radical (unpaired) electrons. The van der Waals surface area contributed by atoms with Gasteiger partial charge in [0.1, 0.15) is 6.61 Å². The standard InChI is InChI=1S/C24H32N2O5/c27-17-21-14-18-8-6-7-10-20(18)16-26(21)22(28)15-19-9-4-2-1-3-5-11-23(29)31-13-12-25-24(19)30/h2,4,6-8,10,19,21,27H,1,3,5,9,11-17H2,(H,25,30)/t19-,21+/m1/s1. The van der Waals surface area contributed by atoms with Gasteiger partial charge in [0.25, 0.3) is 0 Å². The highest BCUT2D eigenvalue weighted by Crippen LogP contribution is 2.25. The molecule has 0 saturated heterocycles. The van der Waals surface area contributed by atoms with E-state index in [4.69, 9.17) is 4.74 Å². The van der Waals surface area contributed by atoms with Gasteiger partial charge in [-0.25, -0.2) is 0 Å². The second-order valence-electron chi connectivity index (χ2n) is 8.20. The maximum atomic E-state index is 13.2. The molecular formula is C24H32N2O5. The summed E-state index contributed by atoms with van der Waals surface area (Å²) >= 11 is 0. The predicted octanol–water partition coefficient (Wildman–Crippen LogP) is 2.12. The van der Waals surface area contributed by atoms with E-state index in [9.17, 15) is 19.5 Å². The van der Waals surface area contributed by atoms with Gasteiger partial charge in [-0.15, -0.1) is 0 Å². The van der Waals surface area contributed by atoms with Gasteiger partial charge in [0, 0.05) is 19.4 Å². The molecule has 31 heavy (non-hydrogen) atoms. The molecule has 3 rings (SSSR count). The molecule has 2 N–H and O–H groups in total. The van der Waals surface area contributed by atoms with Crippen molar-refractivity contribution in [2.24, 2.45) is 5.92 Å². The van der Waals surface area contributed by atoms with Gasteiger partial charge in [-0.2, -0.15) is 0 Å². The summed E-state index contributed by atoms with van der Waals surface area (Å²) in [6.45, 7) is 0.703. The number of rotatable bonds is 3. The minimum atomic E-state index is -0.501. The summed E-state index contributed by atoms with van der Waals surface area (Å²) in [5.41, 5.74) is 2.23. The molecule has 0 aliphatic carbocycles. The minimum Gasteiger partial charge on any atom is -0.464 e. The molecule has 2 aliphatic rings. The highest BCUT2D eigenvalue weighted by molar-refractivity contribution is 5.86. The quantitative estimate of drug-likeness (QED) is 0.568. The Morgan fingerprint density at radius 3 is 2.77 bits per heavy atom. The second-order valence-corrected chi connectivity index (χ2v) is 8.20. The van der Waals surface area contributed by atoms with Crippen molar-refractivity contribution in [1.29, 1.82) is 0 Å². The van der Waals surface area contributed by atoms with Gasteiger partial charge in [-0.3, -0.25) is 14.4 Å². The van der Waals surface area contributed by atoms with Gasteiger partial charge < -0.3 is 20.1 Å². The van der Waals surface area contributed by atoms with E-state index in [0.29, 0.717) is 25.8 Å². The van der Waals surface area contributed by atoms with Crippen LogP contribution < -0.4 is 5.32 Å². The van der Waals surface area contributed by atoms with Gasteiger partial charge in [-0.1, -0.05) is 36.4 Å². The average Bonchev–Trinajstić information content (AvgIpc) is 2.78. The fourth-order valence-electron chi connectivity index (χ4n) is 4.12. The van der Waals surface area contributed by atoms with Crippen molar-refractivity contribution in [3.8, 4) is 0 Å². The first kappa shape index (κ1) is 23.0. The van der Waals surface area contributed by atoms with Gasteiger partial charge in [0.05, 0.1) is 25.1 Å². The van der Waals surface area contributed by atoms with Crippen LogP contribution in [-0.4, -0.2) is 53.6 Å². The summed E-state index contributed by atoms with van der Waals surface area (Å²) in [7, 11) is 0. The number of ether oxygens (including phenoxy) is 1. The summed E-state index contributed by atoms with van der Waals surface area (Å²) in [6.07, 6.45) is 8.01. The van der Waals surface area contributed by atoms with Crippen molar-refractivity contribution >= 4 is 17.8 Å². The summed E-state index contributed by atoms with van der Waals surface area (Å²) in [5, 5.41) is 12.6. The largest absolute Gasteiger partial charge is 0.464 e. The predicted molar refractivity (Wildman–Crippen MR) is 116 cm³/mol. The van der Waals surface area contributed by atoms with E-state index >= 15 is 0 Å². The van der Waals surface area contributed by atoms with Crippen LogP contribution in [0.1, 0.15) is 49.7 Å². The van der Waals surface area contributed by atoms with Crippen LogP contribution in [-0.2, 0) is 32.1 Å². The first-order valence-corrected chi connectivity index (χ1v) is 11.1. The van der Waals surface area contributed by atoms with Crippen LogP contribution in [0.15, 0.2) is 36.4 Å². The molecule has 2 aliphatic heterocycles. The number of cyclic esters (lactones) is 1. The Labute approximate surface area is 183 Å². The molecule has 1 aromatic rings. The Balaban J connectivity index is 1.66. The summed E-state index contributed by atoms with van der Waals surface area (Å²) < 4.78 is 5.13. The maximum absolute atomic E-state index is 13.2. The molecule has 0 aromatic heterocycles. The van der Waals surface area contributed by atoms with Crippen molar-refractivity contribution in [2.75, 3.05) is 19.8 Å². The normalized spacial score (nSPS) is 23.3. The highest BCUT2D eigenvalue weighted by Gasteiger charge is 2.31. The molecule has 0 spiro atoms. The molecular weight excluding hydrogens is 396 g/mol. The SMILES string of the molecule is O=C1CCCCC=CC[C@H](CC(=O)N2Cc3ccccc3C[C@H]2CO)C(=O)NCCO1. The first-order valence-electron chi connectivity index (χ1n) is 11.1. The minimum absolute atomic E-state index is 0.0780. The number of allylic oxidation sites excluding steroid dienone is 2. The number of nitrogens with one attached hydrogen (secondary N) is 1. The number of carbonyl (C=O) groups excluding carboxylic acids is 3. The number of nitrogens with zero attached hydrogens (tertiary/aromatic N) is 1. The van der Waals surface area contributed by atoms with Crippen LogP contribution in [0.3, 0.4) is 0 Å². The molecule has 1 aromatic carbocycles. The Morgan fingerprint density at radius 2 is 1.97 bits per heavy atom. The van der Waals surface area contributed by atoms with E-state index < -0.39 is 5.92 Å². The number of benzene rings is 1. The topological polar surface area (TPSA) is 95.9 Å². The lowest BCUT2D eigenvalue weighted by Crippen LogP contribution is -2.47. The van der Waals surface area contributed by atoms with E-state index in [0.717, 1.165) is 30.4 Å². The van der Waals surface area contributed by atoms with E-state index in [-0.39, 0.29) is 50.0 Å². The molecule has 7 nitrogen and oxygen atoms in total. The van der Waals surface area contributed by atoms with Crippen LogP contribution in [0.5, 0.6) is 0 Å². The number of aliphatic hydroxyl groups is 1. The number of hydrogen-bond acceptors (Lipinski definition) is 5. The Hall–Kier alpha value is -2.67. The zero-order valence-corrected chi connectivity index (χ0v) is 17.9. The first-order chi connectivity index (χ1) is 15.1. The maximum Gasteiger partial charge on any atom is 0.305 e. The van der Waals surface area contributed by atoms with Crippen LogP contribution in [0.2, 0.25) is 0 Å². The van der Waals surface area contributed by atoms with Crippen molar-refractivity contribution in [3.05, 3.63) is 47.5 Å². The van der Waals surface area contributed by atoms with Crippen molar-refractivity contribution in [1.82, 2.24) is 10.2 Å². The highest BCUT2D eigenvalue weighted by atomic mass is 16.5. The number of hydrogen-bond donors (Lipinski definition) is 2. The molecule has 0 unspecified atom stereocenters. The van der Waals surface area contributed by atoms with Crippen LogP contribution in [0.4, 0.5) is 0 Å². The number of carbonyl (C=O) groups is 3. The van der Waals surface area contributed by atoms with E-state index in [1.807, 2.05) is 36.4 Å². The molecule has 0 fully saturated rings. The summed E-state index contributed by atoms with van der Waals surface area (Å²) in [5.74, 6) is -1.10. The molecule has 168 valence electrons. The third-order valence-electron chi connectivity index (χ3n) is 5.93. The monoisotopic (exact) mass is 428 g/mol. The lowest BCUT2D eigenvalue weighted by Gasteiger charge is -2.36. The number of amides is 2. The smallest absolute Gasteiger partial charge is 0.305 e. The molecule has 2 atom stereocenters. The molecule has 2 amide bonds. The average molecular weight is 429 g/mol. The van der Waals surface area contributed by atoms with Crippen molar-refractivity contribution < 1.29 is 24.2 Å². The van der Waals surface area contributed by atoms with Crippen LogP contribution >= 0.6 is 0 Å². The second kappa shape index (κ2) is 11.6. The molecule has 7 heteroatoms. The van der Waals surface area contributed by atoms with E-state index in [1.54, 1.807) is 4.90 Å². The van der Waals surface area contributed by atoms with Crippen LogP contribution in [0, 0.1) is 5.92 Å². The van der Waals surface area contributed by atoms with Crippen molar-refractivity contribution in [3.63, 3.8) is 0 Å². The third-order valence-corrected chi connectivity index (χ3v) is 5.93. The molecule has 2 heterocycles. The fraction of sp³-hybridized carbons (Fsp3) is 0.542. The Kier molecular flexibility index (Phi) is 8.64. The van der Waals surface area contributed by atoms with Crippen molar-refractivity contribution in [2.45, 2.75) is 57.5 Å². The van der Waals surface area contributed by atoms with Gasteiger partial charge >= 0.3 is 5.97 Å². The third kappa shape index (κ3) is 6.66. The lowest BCUT2D eigenvalue weighted by atomic mass is 9.92. The fourth-order valence-corrected chi connectivity index (χ4v) is 4.12. The van der Waals surface area contributed by atoms with Gasteiger partial charge in [0.2, 0.25) is 11.8 Å². The molecule has 0 bridgehead atoms. The Bertz CT molecular complexity index is 807. The zero-order valence-electron chi connectivity index (χ0n) is 17.9. The number of fused-ring (bicyclic) bond motifs is 1. The van der Waals surface area contributed by atoms with Gasteiger partial charge in [0.15, 0.2) is 0 Å². The van der Waals surface area contributed by atoms with E-state index in [1.165, 1.54) is 0 Å². The number of esters is 1. The van der Waals surface area contributed by atoms with E-state index in [2.05, 4.69) is 5.32 Å². The zero-order chi connectivity index (χ0) is 22.1. The Morgan fingerprint density at radius 1 is 1.16 bits per heavy atom. The summed E-state index contributed by atoms with van der Waals surface area (Å²) in [4.78, 5) is 39.2. The lowest BCUT2D eigenvalue weighted by molar-refractivity contribution is -0.144. The number of aliphatic hydroxyl groups excluding tert-OH is 1. The van der Waals surface area contributed by atoms with Gasteiger partial charge in [-0.05, 0) is 43.2 Å². The van der Waals surface area contributed by atoms with Crippen LogP contribution in [0.25, 0.3) is 0 Å².